The summed E-state index contributed by atoms with van der Waals surface area (Å²) in [5.41, 5.74) is 1.51. The van der Waals surface area contributed by atoms with Gasteiger partial charge in [-0.15, -0.1) is 0 Å². The Hall–Kier alpha value is -2.54. The summed E-state index contributed by atoms with van der Waals surface area (Å²) in [5, 5.41) is 11.6. The molecule has 0 aromatic carbocycles. The summed E-state index contributed by atoms with van der Waals surface area (Å²) in [6.07, 6.45) is 3.42. The number of pyridine rings is 2. The quantitative estimate of drug-likeness (QED) is 0.474. The van der Waals surface area contributed by atoms with Crippen LogP contribution in [0.5, 0.6) is 5.75 Å². The number of hydrogen-bond donors (Lipinski definition) is 2. The zero-order valence-electron chi connectivity index (χ0n) is 15.8. The van der Waals surface area contributed by atoms with Gasteiger partial charge in [-0.1, -0.05) is 6.07 Å². The molecule has 2 rings (SSSR count). The normalized spacial score (nSPS) is 10.7. The van der Waals surface area contributed by atoms with Gasteiger partial charge in [0.05, 0.1) is 12.3 Å². The zero-order chi connectivity index (χ0) is 19.3. The van der Waals surface area contributed by atoms with Crippen molar-refractivity contribution >= 4 is 29.0 Å². The largest absolute Gasteiger partial charge is 0.489 e. The van der Waals surface area contributed by atoms with Gasteiger partial charge in [-0.05, 0) is 70.6 Å². The van der Waals surface area contributed by atoms with Crippen molar-refractivity contribution in [3.63, 3.8) is 0 Å². The molecular weight excluding hydrogens is 346 g/mol. The molecule has 7 heteroatoms. The number of hydrogen-bond acceptors (Lipinski definition) is 5. The predicted molar refractivity (Wildman–Crippen MR) is 109 cm³/mol. The molecule has 0 radical (unpaired) electrons. The van der Waals surface area contributed by atoms with Gasteiger partial charge in [0.1, 0.15) is 17.3 Å². The fraction of sp³-hybridized carbons (Fsp3) is 0.368. The Balaban J connectivity index is 2.14. The van der Waals surface area contributed by atoms with Crippen molar-refractivity contribution in [2.75, 3.05) is 4.90 Å². The number of rotatable bonds is 5. The second-order valence-electron chi connectivity index (χ2n) is 6.46. The topological polar surface area (TPSA) is 74.1 Å². The lowest BCUT2D eigenvalue weighted by Gasteiger charge is -2.29. The van der Waals surface area contributed by atoms with E-state index in [1.807, 2.05) is 51.7 Å². The standard InChI is InChI=1S/C19H25N5OS/c1-12(2)24(18-14(5)7-6-10-21-18)19(26)23-17(20)16-9-8-15(11-22-16)25-13(3)4/h6-13H,1-5H3,(H2,20,23,26). The van der Waals surface area contributed by atoms with E-state index in [1.54, 1.807) is 24.5 Å². The van der Waals surface area contributed by atoms with Crippen molar-refractivity contribution < 1.29 is 4.74 Å². The van der Waals surface area contributed by atoms with Crippen LogP contribution in [0.15, 0.2) is 36.7 Å². The molecule has 2 N–H and O–H groups in total. The monoisotopic (exact) mass is 371 g/mol. The van der Waals surface area contributed by atoms with Crippen LogP contribution >= 0.6 is 12.2 Å². The smallest absolute Gasteiger partial charge is 0.180 e. The molecule has 0 aliphatic carbocycles. The van der Waals surface area contributed by atoms with E-state index in [9.17, 15) is 0 Å². The highest BCUT2D eigenvalue weighted by atomic mass is 32.1. The van der Waals surface area contributed by atoms with Crippen molar-refractivity contribution in [2.45, 2.75) is 46.8 Å². The molecule has 0 aliphatic heterocycles. The van der Waals surface area contributed by atoms with Crippen LogP contribution in [0.25, 0.3) is 0 Å². The van der Waals surface area contributed by atoms with Gasteiger partial charge < -0.3 is 15.0 Å². The Kier molecular flexibility index (Phi) is 6.63. The van der Waals surface area contributed by atoms with Gasteiger partial charge >= 0.3 is 0 Å². The molecule has 0 unspecified atom stereocenters. The van der Waals surface area contributed by atoms with Crippen LogP contribution in [0.1, 0.15) is 39.0 Å². The SMILES string of the molecule is Cc1cccnc1N(C(=S)NC(=N)c1ccc(OC(C)C)cn1)C(C)C. The fourth-order valence-corrected chi connectivity index (χ4v) is 2.81. The zero-order valence-corrected chi connectivity index (χ0v) is 16.6. The molecule has 0 amide bonds. The van der Waals surface area contributed by atoms with Crippen LogP contribution in [-0.2, 0) is 0 Å². The molecule has 138 valence electrons. The van der Waals surface area contributed by atoms with Crippen molar-refractivity contribution in [1.82, 2.24) is 15.3 Å². The molecule has 0 spiro atoms. The number of aryl methyl sites for hydroxylation is 1. The average Bonchev–Trinajstić information content (AvgIpc) is 2.56. The maximum absolute atomic E-state index is 8.27. The molecule has 0 aliphatic rings. The maximum Gasteiger partial charge on any atom is 0.180 e. The minimum atomic E-state index is 0.0778. The van der Waals surface area contributed by atoms with Crippen LogP contribution in [-0.4, -0.2) is 33.1 Å². The molecule has 0 bridgehead atoms. The van der Waals surface area contributed by atoms with Crippen molar-refractivity contribution in [3.05, 3.63) is 47.9 Å². The molecule has 0 saturated heterocycles. The third-order valence-electron chi connectivity index (χ3n) is 3.54. The van der Waals surface area contributed by atoms with Gasteiger partial charge in [-0.25, -0.2) is 9.97 Å². The minimum absolute atomic E-state index is 0.0778. The number of amidine groups is 1. The van der Waals surface area contributed by atoms with E-state index in [-0.39, 0.29) is 18.0 Å². The Labute approximate surface area is 160 Å². The van der Waals surface area contributed by atoms with Crippen LogP contribution in [0.2, 0.25) is 0 Å². The Morgan fingerprint density at radius 2 is 1.92 bits per heavy atom. The first-order valence-electron chi connectivity index (χ1n) is 8.53. The number of nitrogens with one attached hydrogen (secondary N) is 2. The van der Waals surface area contributed by atoms with Crippen LogP contribution < -0.4 is 15.0 Å². The van der Waals surface area contributed by atoms with E-state index >= 15 is 0 Å². The summed E-state index contributed by atoms with van der Waals surface area (Å²) in [7, 11) is 0. The number of aromatic nitrogens is 2. The Morgan fingerprint density at radius 1 is 1.19 bits per heavy atom. The van der Waals surface area contributed by atoms with Gasteiger partial charge in [0.25, 0.3) is 0 Å². The number of nitrogens with zero attached hydrogens (tertiary/aromatic N) is 3. The van der Waals surface area contributed by atoms with Gasteiger partial charge in [0.2, 0.25) is 0 Å². The van der Waals surface area contributed by atoms with Gasteiger partial charge in [0, 0.05) is 12.2 Å². The van der Waals surface area contributed by atoms with Crippen molar-refractivity contribution in [2.24, 2.45) is 0 Å². The lowest BCUT2D eigenvalue weighted by atomic mass is 10.2. The number of thiocarbonyl (C=S) groups is 1. The van der Waals surface area contributed by atoms with Gasteiger partial charge in [0.15, 0.2) is 10.9 Å². The number of anilines is 1. The Morgan fingerprint density at radius 3 is 2.46 bits per heavy atom. The molecule has 2 heterocycles. The first-order valence-corrected chi connectivity index (χ1v) is 8.94. The summed E-state index contributed by atoms with van der Waals surface area (Å²) < 4.78 is 5.58. The van der Waals surface area contributed by atoms with Crippen LogP contribution in [0.3, 0.4) is 0 Å². The first kappa shape index (κ1) is 19.8. The molecule has 0 atom stereocenters. The molecule has 2 aromatic rings. The second-order valence-corrected chi connectivity index (χ2v) is 6.85. The van der Waals surface area contributed by atoms with E-state index in [0.717, 1.165) is 11.4 Å². The van der Waals surface area contributed by atoms with E-state index in [2.05, 4.69) is 15.3 Å². The molecule has 0 fully saturated rings. The molecular formula is C19H25N5OS. The highest BCUT2D eigenvalue weighted by Crippen LogP contribution is 2.19. The van der Waals surface area contributed by atoms with Crippen LogP contribution in [0, 0.1) is 12.3 Å². The summed E-state index contributed by atoms with van der Waals surface area (Å²) in [5.74, 6) is 1.58. The lowest BCUT2D eigenvalue weighted by Crippen LogP contribution is -2.47. The van der Waals surface area contributed by atoms with E-state index in [0.29, 0.717) is 16.6 Å². The lowest BCUT2D eigenvalue weighted by molar-refractivity contribution is 0.241. The first-order chi connectivity index (χ1) is 12.3. The minimum Gasteiger partial charge on any atom is -0.489 e. The maximum atomic E-state index is 8.27. The predicted octanol–water partition coefficient (Wildman–Crippen LogP) is 3.69. The highest BCUT2D eigenvalue weighted by molar-refractivity contribution is 7.80. The third-order valence-corrected chi connectivity index (χ3v) is 3.84. The fourth-order valence-electron chi connectivity index (χ4n) is 2.41. The molecule has 6 nitrogen and oxygen atoms in total. The van der Waals surface area contributed by atoms with Crippen molar-refractivity contribution in [3.8, 4) is 5.75 Å². The summed E-state index contributed by atoms with van der Waals surface area (Å²) in [6, 6.07) is 7.50. The summed E-state index contributed by atoms with van der Waals surface area (Å²) in [6.45, 7) is 9.96. The van der Waals surface area contributed by atoms with Crippen molar-refractivity contribution in [1.29, 1.82) is 5.41 Å². The van der Waals surface area contributed by atoms with E-state index in [4.69, 9.17) is 22.4 Å². The summed E-state index contributed by atoms with van der Waals surface area (Å²) >= 11 is 5.53. The Bertz CT molecular complexity index is 774. The molecule has 0 saturated carbocycles. The molecule has 26 heavy (non-hydrogen) atoms. The highest BCUT2D eigenvalue weighted by Gasteiger charge is 2.20. The van der Waals surface area contributed by atoms with Gasteiger partial charge in [-0.2, -0.15) is 0 Å². The van der Waals surface area contributed by atoms with Crippen LogP contribution in [0.4, 0.5) is 5.82 Å². The van der Waals surface area contributed by atoms with Gasteiger partial charge in [-0.3, -0.25) is 5.41 Å². The number of ether oxygens (including phenoxy) is 1. The molecule has 2 aromatic heterocycles. The van der Waals surface area contributed by atoms with E-state index in [1.165, 1.54) is 0 Å². The van der Waals surface area contributed by atoms with E-state index < -0.39 is 0 Å². The summed E-state index contributed by atoms with van der Waals surface area (Å²) in [4.78, 5) is 10.6. The average molecular weight is 372 g/mol. The third kappa shape index (κ3) is 4.98. The second kappa shape index (κ2) is 8.71.